The molecule has 0 bridgehead atoms. The minimum absolute atomic E-state index is 0. The molecular weight excluding hydrogens is 216 g/mol. The summed E-state index contributed by atoms with van der Waals surface area (Å²) >= 11 is 0. The molecule has 1 atom stereocenters. The summed E-state index contributed by atoms with van der Waals surface area (Å²) in [4.78, 5) is 11.3. The molecule has 0 heterocycles. The van der Waals surface area contributed by atoms with E-state index in [0.29, 0.717) is 0 Å². The van der Waals surface area contributed by atoms with Crippen LogP contribution in [0, 0.1) is 0 Å². The van der Waals surface area contributed by atoms with Crippen LogP contribution in [-0.4, -0.2) is 17.6 Å². The van der Waals surface area contributed by atoms with E-state index >= 15 is 0 Å². The van der Waals surface area contributed by atoms with Crippen LogP contribution in [0.25, 0.3) is 0 Å². The Kier molecular flexibility index (Phi) is 9.78. The summed E-state index contributed by atoms with van der Waals surface area (Å²) in [7, 11) is 0. The lowest BCUT2D eigenvalue weighted by Crippen LogP contribution is -2.31. The van der Waals surface area contributed by atoms with Gasteiger partial charge in [-0.2, -0.15) is 0 Å². The Bertz CT molecular complexity index is 238. The lowest BCUT2D eigenvalue weighted by atomic mass is 10.1. The second-order valence-electron chi connectivity index (χ2n) is 3.51. The predicted molar refractivity (Wildman–Crippen MR) is 65.4 cm³/mol. The zero-order chi connectivity index (χ0) is 10.6. The molecule has 0 saturated carbocycles. The highest BCUT2D eigenvalue weighted by Crippen LogP contribution is 2.13. The molecule has 1 unspecified atom stereocenters. The van der Waals surface area contributed by atoms with Crippen molar-refractivity contribution in [1.29, 1.82) is 0 Å². The first-order valence-electron chi connectivity index (χ1n) is 4.11. The second-order valence-corrected chi connectivity index (χ2v) is 3.51. The summed E-state index contributed by atoms with van der Waals surface area (Å²) in [6.45, 7) is 12.3. The standard InChI is InChI=1S/C10H17NO2.ClH.H3N/c1-6-10(4,5)13-9(12)7(2)8(3)11;;/h6,8H,1-2,11H2,3-5H3;1H;1H3. The summed E-state index contributed by atoms with van der Waals surface area (Å²) < 4.78 is 5.07. The summed E-state index contributed by atoms with van der Waals surface area (Å²) in [5.74, 6) is -0.472. The van der Waals surface area contributed by atoms with Crippen molar-refractivity contribution in [3.63, 3.8) is 0 Å². The average Bonchev–Trinajstić information content (AvgIpc) is 2.02. The Morgan fingerprint density at radius 2 is 1.93 bits per heavy atom. The van der Waals surface area contributed by atoms with Gasteiger partial charge in [0.1, 0.15) is 5.60 Å². The molecule has 0 spiro atoms. The predicted octanol–water partition coefficient (Wildman–Crippen LogP) is 1.98. The molecule has 90 valence electrons. The van der Waals surface area contributed by atoms with Crippen molar-refractivity contribution in [3.8, 4) is 0 Å². The van der Waals surface area contributed by atoms with Crippen LogP contribution in [-0.2, 0) is 9.53 Å². The fraction of sp³-hybridized carbons (Fsp3) is 0.500. The summed E-state index contributed by atoms with van der Waals surface area (Å²) in [5, 5.41) is 0. The lowest BCUT2D eigenvalue weighted by molar-refractivity contribution is -0.147. The highest BCUT2D eigenvalue weighted by Gasteiger charge is 2.21. The quantitative estimate of drug-likeness (QED) is 0.444. The Hall–Kier alpha value is -0.840. The average molecular weight is 237 g/mol. The highest BCUT2D eigenvalue weighted by atomic mass is 35.5. The van der Waals surface area contributed by atoms with E-state index in [4.69, 9.17) is 10.5 Å². The first kappa shape index (κ1) is 19.7. The molecule has 5 N–H and O–H groups in total. The Morgan fingerprint density at radius 1 is 1.53 bits per heavy atom. The summed E-state index contributed by atoms with van der Waals surface area (Å²) in [5.41, 5.74) is 5.07. The Labute approximate surface area is 97.5 Å². The van der Waals surface area contributed by atoms with Crippen molar-refractivity contribution in [2.45, 2.75) is 32.4 Å². The van der Waals surface area contributed by atoms with Gasteiger partial charge in [0.15, 0.2) is 0 Å². The van der Waals surface area contributed by atoms with Gasteiger partial charge >= 0.3 is 5.97 Å². The van der Waals surface area contributed by atoms with Crippen molar-refractivity contribution < 1.29 is 9.53 Å². The van der Waals surface area contributed by atoms with E-state index in [1.807, 2.05) is 0 Å². The molecule has 0 radical (unpaired) electrons. The number of ether oxygens (including phenoxy) is 1. The molecule has 0 aromatic heterocycles. The van der Waals surface area contributed by atoms with Gasteiger partial charge in [0, 0.05) is 11.6 Å². The monoisotopic (exact) mass is 236 g/mol. The second kappa shape index (κ2) is 7.45. The van der Waals surface area contributed by atoms with E-state index in [0.717, 1.165) is 0 Å². The SMILES string of the molecule is C=CC(C)(C)OC(=O)C(=C)C(C)N.Cl.N. The number of carbonyl (C=O) groups is 1. The van der Waals surface area contributed by atoms with Crippen molar-refractivity contribution in [2.24, 2.45) is 5.73 Å². The maximum atomic E-state index is 11.3. The molecule has 0 aliphatic carbocycles. The van der Waals surface area contributed by atoms with Crippen LogP contribution in [0.15, 0.2) is 24.8 Å². The van der Waals surface area contributed by atoms with Gasteiger partial charge in [-0.25, -0.2) is 4.79 Å². The van der Waals surface area contributed by atoms with E-state index in [1.54, 1.807) is 26.8 Å². The number of carbonyl (C=O) groups excluding carboxylic acids is 1. The maximum Gasteiger partial charge on any atom is 0.335 e. The third kappa shape index (κ3) is 7.13. The van der Waals surface area contributed by atoms with Gasteiger partial charge in [0.2, 0.25) is 0 Å². The van der Waals surface area contributed by atoms with Crippen LogP contribution in [0.4, 0.5) is 0 Å². The van der Waals surface area contributed by atoms with Gasteiger partial charge in [-0.1, -0.05) is 13.2 Å². The van der Waals surface area contributed by atoms with E-state index in [-0.39, 0.29) is 30.2 Å². The van der Waals surface area contributed by atoms with Gasteiger partial charge < -0.3 is 16.6 Å². The first-order valence-corrected chi connectivity index (χ1v) is 4.11. The molecule has 4 nitrogen and oxygen atoms in total. The lowest BCUT2D eigenvalue weighted by Gasteiger charge is -2.22. The van der Waals surface area contributed by atoms with E-state index in [1.165, 1.54) is 0 Å². The topological polar surface area (TPSA) is 87.3 Å². The van der Waals surface area contributed by atoms with Crippen molar-refractivity contribution in [2.75, 3.05) is 0 Å². The van der Waals surface area contributed by atoms with Crippen LogP contribution < -0.4 is 11.9 Å². The van der Waals surface area contributed by atoms with Crippen LogP contribution in [0.5, 0.6) is 0 Å². The number of nitrogens with two attached hydrogens (primary N) is 1. The molecule has 15 heavy (non-hydrogen) atoms. The van der Waals surface area contributed by atoms with Crippen molar-refractivity contribution >= 4 is 18.4 Å². The fourth-order valence-corrected chi connectivity index (χ4v) is 0.532. The van der Waals surface area contributed by atoms with Crippen molar-refractivity contribution in [3.05, 3.63) is 24.8 Å². The number of hydrogen-bond donors (Lipinski definition) is 2. The van der Waals surface area contributed by atoms with Gasteiger partial charge in [-0.3, -0.25) is 0 Å². The smallest absolute Gasteiger partial charge is 0.335 e. The summed E-state index contributed by atoms with van der Waals surface area (Å²) in [6.07, 6.45) is 1.55. The minimum atomic E-state index is -0.672. The Balaban J connectivity index is -0.000000720. The molecule has 0 aliphatic heterocycles. The molecule has 0 aliphatic rings. The largest absolute Gasteiger partial charge is 0.452 e. The van der Waals surface area contributed by atoms with Gasteiger partial charge in [0.05, 0.1) is 0 Å². The number of esters is 1. The Morgan fingerprint density at radius 3 is 2.20 bits per heavy atom. The number of halogens is 1. The van der Waals surface area contributed by atoms with Gasteiger partial charge in [-0.05, 0) is 26.8 Å². The third-order valence-electron chi connectivity index (χ3n) is 1.66. The van der Waals surface area contributed by atoms with E-state index < -0.39 is 11.6 Å². The molecule has 0 fully saturated rings. The zero-order valence-electron chi connectivity index (χ0n) is 9.58. The molecule has 5 heteroatoms. The minimum Gasteiger partial charge on any atom is -0.452 e. The fourth-order valence-electron chi connectivity index (χ4n) is 0.532. The molecule has 0 aromatic carbocycles. The maximum absolute atomic E-state index is 11.3. The van der Waals surface area contributed by atoms with E-state index in [2.05, 4.69) is 13.2 Å². The molecule has 0 rings (SSSR count). The van der Waals surface area contributed by atoms with Crippen LogP contribution in [0.2, 0.25) is 0 Å². The van der Waals surface area contributed by atoms with Crippen LogP contribution >= 0.6 is 12.4 Å². The zero-order valence-corrected chi connectivity index (χ0v) is 10.4. The van der Waals surface area contributed by atoms with Gasteiger partial charge in [0.25, 0.3) is 0 Å². The number of hydrogen-bond acceptors (Lipinski definition) is 4. The molecule has 0 saturated heterocycles. The van der Waals surface area contributed by atoms with E-state index in [9.17, 15) is 4.79 Å². The van der Waals surface area contributed by atoms with Gasteiger partial charge in [-0.15, -0.1) is 12.4 Å². The van der Waals surface area contributed by atoms with Crippen LogP contribution in [0.3, 0.4) is 0 Å². The number of rotatable bonds is 4. The summed E-state index contributed by atoms with van der Waals surface area (Å²) in [6, 6.07) is -0.381. The first-order chi connectivity index (χ1) is 5.80. The third-order valence-corrected chi connectivity index (χ3v) is 1.66. The normalized spacial score (nSPS) is 11.5. The molecular formula is C10H21ClN2O2. The van der Waals surface area contributed by atoms with Crippen LogP contribution in [0.1, 0.15) is 20.8 Å². The molecule has 0 amide bonds. The highest BCUT2D eigenvalue weighted by molar-refractivity contribution is 5.89. The molecule has 0 aromatic rings. The van der Waals surface area contributed by atoms with Crippen molar-refractivity contribution in [1.82, 2.24) is 6.15 Å².